The first-order chi connectivity index (χ1) is 6.54. The summed E-state index contributed by atoms with van der Waals surface area (Å²) < 4.78 is 29.2. The van der Waals surface area contributed by atoms with Crippen molar-refractivity contribution in [3.05, 3.63) is 0 Å². The molecule has 7 nitrogen and oxygen atoms in total. The molecule has 0 aromatic rings. The maximum atomic E-state index is 10.4. The zero-order chi connectivity index (χ0) is 12.3. The molecule has 0 aliphatic rings. The van der Waals surface area contributed by atoms with Crippen molar-refractivity contribution in [3.8, 4) is 0 Å². The maximum absolute atomic E-state index is 10.4. The van der Waals surface area contributed by atoms with Gasteiger partial charge in [-0.2, -0.15) is 8.42 Å². The number of rotatable bonds is 6. The largest absolute Gasteiger partial charge is 0.391 e. The second kappa shape index (κ2) is 5.19. The van der Waals surface area contributed by atoms with Crippen LogP contribution in [0.25, 0.3) is 0 Å². The summed E-state index contributed by atoms with van der Waals surface area (Å²) in [7, 11) is -4.23. The Morgan fingerprint density at radius 1 is 1.27 bits per heavy atom. The molecule has 0 saturated heterocycles. The van der Waals surface area contributed by atoms with Crippen LogP contribution in [-0.2, 0) is 10.1 Å². The lowest BCUT2D eigenvalue weighted by Crippen LogP contribution is -2.52. The molecule has 0 aromatic heterocycles. The van der Waals surface area contributed by atoms with E-state index in [-0.39, 0.29) is 6.54 Å². The van der Waals surface area contributed by atoms with E-state index >= 15 is 0 Å². The SMILES string of the molecule is CC(C)(NCC(O)CS(=O)(=O)O)C(O)O. The maximum Gasteiger partial charge on any atom is 0.267 e. The standard InChI is InChI=1S/C7H17NO6S/c1-7(2,6(10)11)8-3-5(9)4-15(12,13)14/h5-6,8-11H,3-4H2,1-2H3,(H,12,13,14). The van der Waals surface area contributed by atoms with Gasteiger partial charge in [-0.3, -0.25) is 4.55 Å². The summed E-state index contributed by atoms with van der Waals surface area (Å²) >= 11 is 0. The van der Waals surface area contributed by atoms with Crippen LogP contribution < -0.4 is 5.32 Å². The van der Waals surface area contributed by atoms with E-state index < -0.39 is 33.8 Å². The van der Waals surface area contributed by atoms with E-state index in [1.165, 1.54) is 13.8 Å². The molecule has 0 aliphatic carbocycles. The van der Waals surface area contributed by atoms with Gasteiger partial charge >= 0.3 is 0 Å². The molecule has 0 heterocycles. The molecule has 5 N–H and O–H groups in total. The first kappa shape index (κ1) is 14.8. The molecule has 0 saturated carbocycles. The van der Waals surface area contributed by atoms with Gasteiger partial charge < -0.3 is 20.6 Å². The third kappa shape index (κ3) is 6.77. The van der Waals surface area contributed by atoms with Crippen molar-refractivity contribution in [2.45, 2.75) is 31.8 Å². The first-order valence-electron chi connectivity index (χ1n) is 4.29. The molecular formula is C7H17NO6S. The van der Waals surface area contributed by atoms with Crippen molar-refractivity contribution < 1.29 is 28.3 Å². The molecule has 0 bridgehead atoms. The van der Waals surface area contributed by atoms with Crippen LogP contribution in [0, 0.1) is 0 Å². The molecular weight excluding hydrogens is 226 g/mol. The predicted molar refractivity (Wildman–Crippen MR) is 52.7 cm³/mol. The second-order valence-electron chi connectivity index (χ2n) is 3.88. The van der Waals surface area contributed by atoms with Crippen LogP contribution >= 0.6 is 0 Å². The van der Waals surface area contributed by atoms with Crippen LogP contribution in [0.1, 0.15) is 13.8 Å². The summed E-state index contributed by atoms with van der Waals surface area (Å²) in [5, 5.41) is 29.5. The number of β-amino-alcohol motifs (C(OH)–C–C–N with tert-alkyl or cyclic N) is 1. The summed E-state index contributed by atoms with van der Waals surface area (Å²) in [5.74, 6) is -0.794. The van der Waals surface area contributed by atoms with Crippen LogP contribution in [0.2, 0.25) is 0 Å². The average Bonchev–Trinajstić information content (AvgIpc) is 1.97. The fourth-order valence-corrected chi connectivity index (χ4v) is 1.38. The Morgan fingerprint density at radius 3 is 2.07 bits per heavy atom. The number of hydrogen-bond donors (Lipinski definition) is 5. The summed E-state index contributed by atoms with van der Waals surface area (Å²) in [6, 6.07) is 0. The van der Waals surface area contributed by atoms with Gasteiger partial charge in [-0.15, -0.1) is 0 Å². The van der Waals surface area contributed by atoms with Gasteiger partial charge in [0, 0.05) is 6.54 Å². The van der Waals surface area contributed by atoms with Crippen LogP contribution in [0.3, 0.4) is 0 Å². The van der Waals surface area contributed by atoms with E-state index in [1.807, 2.05) is 0 Å². The van der Waals surface area contributed by atoms with Crippen molar-refractivity contribution in [1.29, 1.82) is 0 Å². The fourth-order valence-electron chi connectivity index (χ4n) is 0.774. The fraction of sp³-hybridized carbons (Fsp3) is 1.00. The number of hydrogen-bond acceptors (Lipinski definition) is 6. The summed E-state index contributed by atoms with van der Waals surface area (Å²) in [5.41, 5.74) is -1.07. The van der Waals surface area contributed by atoms with E-state index in [2.05, 4.69) is 5.32 Å². The molecule has 0 aliphatic heterocycles. The van der Waals surface area contributed by atoms with Crippen molar-refractivity contribution in [2.24, 2.45) is 0 Å². The molecule has 0 aromatic carbocycles. The molecule has 0 radical (unpaired) electrons. The van der Waals surface area contributed by atoms with Gasteiger partial charge in [-0.1, -0.05) is 0 Å². The van der Waals surface area contributed by atoms with E-state index in [1.54, 1.807) is 0 Å². The van der Waals surface area contributed by atoms with E-state index in [0.29, 0.717) is 0 Å². The Bertz CT molecular complexity index is 286. The summed E-state index contributed by atoms with van der Waals surface area (Å²) in [4.78, 5) is 0. The topological polar surface area (TPSA) is 127 Å². The van der Waals surface area contributed by atoms with E-state index in [4.69, 9.17) is 19.9 Å². The molecule has 92 valence electrons. The highest BCUT2D eigenvalue weighted by atomic mass is 32.2. The Balaban J connectivity index is 4.07. The van der Waals surface area contributed by atoms with Crippen LogP contribution in [-0.4, -0.2) is 58.5 Å². The van der Waals surface area contributed by atoms with Gasteiger partial charge in [0.25, 0.3) is 10.1 Å². The van der Waals surface area contributed by atoms with Crippen molar-refractivity contribution >= 4 is 10.1 Å². The molecule has 0 rings (SSSR count). The van der Waals surface area contributed by atoms with Crippen LogP contribution in [0.5, 0.6) is 0 Å². The molecule has 0 spiro atoms. The lowest BCUT2D eigenvalue weighted by molar-refractivity contribution is -0.0983. The highest BCUT2D eigenvalue weighted by Crippen LogP contribution is 2.06. The zero-order valence-corrected chi connectivity index (χ0v) is 9.40. The van der Waals surface area contributed by atoms with E-state index in [9.17, 15) is 8.42 Å². The normalized spacial score (nSPS) is 15.7. The van der Waals surface area contributed by atoms with Gasteiger partial charge in [0.1, 0.15) is 5.75 Å². The number of aliphatic hydroxyl groups excluding tert-OH is 2. The minimum Gasteiger partial charge on any atom is -0.391 e. The van der Waals surface area contributed by atoms with Gasteiger partial charge in [0.05, 0.1) is 11.6 Å². The van der Waals surface area contributed by atoms with Crippen molar-refractivity contribution in [1.82, 2.24) is 5.32 Å². The highest BCUT2D eigenvalue weighted by Gasteiger charge is 2.26. The number of aliphatic hydroxyl groups is 3. The van der Waals surface area contributed by atoms with Gasteiger partial charge in [-0.25, -0.2) is 0 Å². The smallest absolute Gasteiger partial charge is 0.267 e. The molecule has 0 fully saturated rings. The number of nitrogens with one attached hydrogen (secondary N) is 1. The predicted octanol–water partition coefficient (Wildman–Crippen LogP) is -2.09. The average molecular weight is 243 g/mol. The molecule has 8 heteroatoms. The minimum absolute atomic E-state index is 0.176. The van der Waals surface area contributed by atoms with Crippen molar-refractivity contribution in [2.75, 3.05) is 12.3 Å². The van der Waals surface area contributed by atoms with Crippen molar-refractivity contribution in [3.63, 3.8) is 0 Å². The lowest BCUT2D eigenvalue weighted by atomic mass is 10.1. The quantitative estimate of drug-likeness (QED) is 0.267. The first-order valence-corrected chi connectivity index (χ1v) is 5.90. The van der Waals surface area contributed by atoms with Crippen LogP contribution in [0.15, 0.2) is 0 Å². The Kier molecular flexibility index (Phi) is 5.10. The summed E-state index contributed by atoms with van der Waals surface area (Å²) in [6.45, 7) is 2.76. The summed E-state index contributed by atoms with van der Waals surface area (Å²) in [6.07, 6.45) is -2.95. The Hall–Kier alpha value is -0.250. The highest BCUT2D eigenvalue weighted by molar-refractivity contribution is 7.85. The van der Waals surface area contributed by atoms with Crippen LogP contribution in [0.4, 0.5) is 0 Å². The van der Waals surface area contributed by atoms with Gasteiger partial charge in [0.2, 0.25) is 0 Å². The molecule has 1 atom stereocenters. The molecule has 0 amide bonds. The monoisotopic (exact) mass is 243 g/mol. The zero-order valence-electron chi connectivity index (χ0n) is 8.58. The lowest BCUT2D eigenvalue weighted by Gasteiger charge is -2.29. The third-order valence-corrected chi connectivity index (χ3v) is 2.65. The Labute approximate surface area is 88.5 Å². The minimum atomic E-state index is -4.23. The Morgan fingerprint density at radius 2 is 1.73 bits per heavy atom. The van der Waals surface area contributed by atoms with E-state index in [0.717, 1.165) is 0 Å². The second-order valence-corrected chi connectivity index (χ2v) is 5.38. The molecule has 1 unspecified atom stereocenters. The van der Waals surface area contributed by atoms with Gasteiger partial charge in [0.15, 0.2) is 6.29 Å². The third-order valence-electron chi connectivity index (χ3n) is 1.84. The molecule has 15 heavy (non-hydrogen) atoms. The van der Waals surface area contributed by atoms with Gasteiger partial charge in [-0.05, 0) is 13.8 Å².